The van der Waals surface area contributed by atoms with Crippen LogP contribution in [0.3, 0.4) is 0 Å². The average molecular weight is 815 g/mol. The van der Waals surface area contributed by atoms with Crippen molar-refractivity contribution in [2.75, 3.05) is 39.6 Å². The zero-order valence-corrected chi connectivity index (χ0v) is 34.6. The van der Waals surface area contributed by atoms with Gasteiger partial charge in [0.15, 0.2) is 5.60 Å². The summed E-state index contributed by atoms with van der Waals surface area (Å²) in [5.41, 5.74) is -2.75. The van der Waals surface area contributed by atoms with Crippen LogP contribution in [-0.4, -0.2) is 106 Å². The maximum atomic E-state index is 14.2. The zero-order valence-electron chi connectivity index (χ0n) is 34.6. The van der Waals surface area contributed by atoms with Crippen molar-refractivity contribution in [3.8, 4) is 0 Å². The Morgan fingerprint density at radius 2 is 1.47 bits per heavy atom. The number of rotatable bonds is 14. The average Bonchev–Trinajstić information content (AvgIpc) is 3.39. The molecule has 14 heteroatoms. The topological polar surface area (TPSA) is 223 Å². The molecule has 1 saturated heterocycles. The van der Waals surface area contributed by atoms with Gasteiger partial charge in [0.05, 0.1) is 42.5 Å². The Morgan fingerprint density at radius 3 is 2.07 bits per heavy atom. The smallest absolute Gasteiger partial charge is 0.337 e. The number of esters is 4. The molecule has 0 spiro atoms. The van der Waals surface area contributed by atoms with E-state index in [9.17, 15) is 49.5 Å². The first-order chi connectivity index (χ1) is 27.4. The number of aliphatic carboxylic acids is 1. The minimum absolute atomic E-state index is 0.00164. The van der Waals surface area contributed by atoms with Gasteiger partial charge in [-0.2, -0.15) is 0 Å². The van der Waals surface area contributed by atoms with Gasteiger partial charge in [0.25, 0.3) is 0 Å². The lowest BCUT2D eigenvalue weighted by Crippen LogP contribution is -2.55. The third-order valence-corrected chi connectivity index (χ3v) is 13.6. The van der Waals surface area contributed by atoms with Gasteiger partial charge in [0.1, 0.15) is 31.3 Å². The van der Waals surface area contributed by atoms with Crippen LogP contribution in [0, 0.1) is 65.1 Å². The number of cyclic esters (lactones) is 2. The number of aliphatic hydroxyl groups excluding tert-OH is 3. The highest BCUT2D eigenvalue weighted by molar-refractivity contribution is 5.92. The van der Waals surface area contributed by atoms with Gasteiger partial charge >= 0.3 is 29.8 Å². The summed E-state index contributed by atoms with van der Waals surface area (Å²) >= 11 is 0. The number of carboxylic acid groups (broad SMARTS) is 1. The fourth-order valence-electron chi connectivity index (χ4n) is 10.3. The Balaban J connectivity index is 1.41. The Hall–Kier alpha value is -3.85. The summed E-state index contributed by atoms with van der Waals surface area (Å²) in [6, 6.07) is 0. The predicted octanol–water partition coefficient (Wildman–Crippen LogP) is 3.70. The molecule has 0 bridgehead atoms. The summed E-state index contributed by atoms with van der Waals surface area (Å²) in [6.45, 7) is 9.24. The summed E-state index contributed by atoms with van der Waals surface area (Å²) in [7, 11) is 0. The number of carbonyl (C=O) groups excluding carboxylic acids is 4. The first-order valence-corrected chi connectivity index (χ1v) is 20.7. The molecule has 3 fully saturated rings. The van der Waals surface area contributed by atoms with Crippen LogP contribution in [0.4, 0.5) is 0 Å². The monoisotopic (exact) mass is 814 g/mol. The molecule has 5 N–H and O–H groups in total. The lowest BCUT2D eigenvalue weighted by molar-refractivity contribution is -0.181. The molecule has 3 aliphatic carbocycles. The second-order valence-corrected chi connectivity index (χ2v) is 18.1. The van der Waals surface area contributed by atoms with Gasteiger partial charge in [-0.25, -0.2) is 14.4 Å². The minimum Gasteiger partial charge on any atom is -0.478 e. The lowest BCUT2D eigenvalue weighted by Gasteiger charge is -2.46. The van der Waals surface area contributed by atoms with Crippen molar-refractivity contribution >= 4 is 29.8 Å². The largest absolute Gasteiger partial charge is 0.478 e. The molecular weight excluding hydrogens is 752 g/mol. The second-order valence-electron chi connectivity index (χ2n) is 18.1. The SMILES string of the molecule is CC(C)C1CCC(CO)=CC1C=C(CO)C(=O)OCC1(O)CCC(C(C)C)C2C=C(C(=O)OC34CCC(C(C)C)C(C=C(CO)C(=O)O)C3C(=O)OC4)COC(=O)C21. The number of carboxylic acids is 1. The van der Waals surface area contributed by atoms with Crippen molar-refractivity contribution in [1.82, 2.24) is 0 Å². The van der Waals surface area contributed by atoms with E-state index in [0.29, 0.717) is 12.8 Å². The summed E-state index contributed by atoms with van der Waals surface area (Å²) < 4.78 is 23.0. The summed E-state index contributed by atoms with van der Waals surface area (Å²) in [5, 5.41) is 51.7. The normalized spacial score (nSPS) is 34.4. The van der Waals surface area contributed by atoms with E-state index in [0.717, 1.165) is 18.4 Å². The summed E-state index contributed by atoms with van der Waals surface area (Å²) in [4.78, 5) is 66.8. The van der Waals surface area contributed by atoms with E-state index in [1.807, 2.05) is 33.8 Å². The molecule has 58 heavy (non-hydrogen) atoms. The van der Waals surface area contributed by atoms with Gasteiger partial charge in [0, 0.05) is 0 Å². The maximum Gasteiger partial charge on any atom is 0.337 e. The molecule has 5 aliphatic rings. The number of carbonyl (C=O) groups is 5. The van der Waals surface area contributed by atoms with Crippen molar-refractivity contribution in [3.05, 3.63) is 46.6 Å². The molecule has 2 saturated carbocycles. The molecule has 5 rings (SSSR count). The van der Waals surface area contributed by atoms with Crippen molar-refractivity contribution in [1.29, 1.82) is 0 Å². The van der Waals surface area contributed by atoms with Crippen LogP contribution in [0.25, 0.3) is 0 Å². The number of hydrogen-bond acceptors (Lipinski definition) is 13. The molecule has 0 amide bonds. The first kappa shape index (κ1) is 45.2. The number of ether oxygens (including phenoxy) is 4. The predicted molar refractivity (Wildman–Crippen MR) is 208 cm³/mol. The van der Waals surface area contributed by atoms with Crippen LogP contribution in [-0.2, 0) is 42.9 Å². The molecule has 10 unspecified atom stereocenters. The standard InChI is InChI=1S/C44H62O14/c1-23(2)31-8-7-26(17-45)13-27(31)14-29(19-47)39(50)56-21-43(54)11-9-32(24(3)4)34-16-30(20-55-41(52)36(34)43)40(51)58-44-12-10-33(25(5)6)35(15-28(18-46)38(48)49)37(44)42(53)57-22-44/h13-16,23-25,27,31-37,45-47,54H,7-12,17-22H2,1-6H3,(H,48,49). The molecule has 0 radical (unpaired) electrons. The second kappa shape index (κ2) is 18.6. The Labute approximate surface area is 340 Å². The minimum atomic E-state index is -1.88. The van der Waals surface area contributed by atoms with Crippen LogP contribution in [0.15, 0.2) is 46.6 Å². The third-order valence-electron chi connectivity index (χ3n) is 13.6. The lowest BCUT2D eigenvalue weighted by atomic mass is 9.61. The van der Waals surface area contributed by atoms with Crippen molar-refractivity contribution < 1.29 is 68.5 Å². The van der Waals surface area contributed by atoms with E-state index in [1.54, 1.807) is 12.2 Å². The van der Waals surface area contributed by atoms with Gasteiger partial charge < -0.3 is 44.5 Å². The number of fused-ring (bicyclic) bond motifs is 2. The molecule has 0 aromatic heterocycles. The van der Waals surface area contributed by atoms with Crippen LogP contribution >= 0.6 is 0 Å². The van der Waals surface area contributed by atoms with Gasteiger partial charge in [-0.1, -0.05) is 65.8 Å². The number of aliphatic hydroxyl groups is 4. The molecule has 2 heterocycles. The Bertz CT molecular complexity index is 1700. The highest BCUT2D eigenvalue weighted by Crippen LogP contribution is 2.52. The van der Waals surface area contributed by atoms with E-state index in [2.05, 4.69) is 13.8 Å². The fourth-order valence-corrected chi connectivity index (χ4v) is 10.3. The van der Waals surface area contributed by atoms with Crippen LogP contribution in [0.2, 0.25) is 0 Å². The fraction of sp³-hybridized carbons (Fsp3) is 0.705. The molecule has 10 atom stereocenters. The third kappa shape index (κ3) is 9.30. The first-order valence-electron chi connectivity index (χ1n) is 20.7. The van der Waals surface area contributed by atoms with E-state index in [4.69, 9.17) is 18.9 Å². The Morgan fingerprint density at radius 1 is 0.828 bits per heavy atom. The summed E-state index contributed by atoms with van der Waals surface area (Å²) in [5.74, 6) is -8.27. The highest BCUT2D eigenvalue weighted by Gasteiger charge is 2.61. The molecular formula is C44H62O14. The van der Waals surface area contributed by atoms with Gasteiger partial charge in [-0.15, -0.1) is 0 Å². The van der Waals surface area contributed by atoms with E-state index >= 15 is 0 Å². The number of hydrogen-bond donors (Lipinski definition) is 5. The van der Waals surface area contributed by atoms with E-state index in [-0.39, 0.29) is 84.2 Å². The van der Waals surface area contributed by atoms with Gasteiger partial charge in [-0.05, 0) is 97.4 Å². The van der Waals surface area contributed by atoms with Crippen molar-refractivity contribution in [3.63, 3.8) is 0 Å². The number of allylic oxidation sites excluding steroid dienone is 4. The Kier molecular flexibility index (Phi) is 14.5. The van der Waals surface area contributed by atoms with Crippen LogP contribution in [0.5, 0.6) is 0 Å². The molecule has 0 aromatic rings. The molecule has 14 nitrogen and oxygen atoms in total. The summed E-state index contributed by atoms with van der Waals surface area (Å²) in [6.07, 6.45) is 9.36. The quantitative estimate of drug-likeness (QED) is 0.0731. The van der Waals surface area contributed by atoms with Crippen LogP contribution in [0.1, 0.15) is 80.1 Å². The molecule has 0 aromatic carbocycles. The van der Waals surface area contributed by atoms with Crippen molar-refractivity contribution in [2.24, 2.45) is 65.1 Å². The molecule has 2 aliphatic heterocycles. The zero-order chi connectivity index (χ0) is 42.7. The van der Waals surface area contributed by atoms with E-state index in [1.165, 1.54) is 6.08 Å². The molecule has 322 valence electrons. The van der Waals surface area contributed by atoms with Crippen LogP contribution < -0.4 is 0 Å². The van der Waals surface area contributed by atoms with Gasteiger partial charge in [-0.3, -0.25) is 9.59 Å². The van der Waals surface area contributed by atoms with E-state index < -0.39 is 91.1 Å². The van der Waals surface area contributed by atoms with Crippen molar-refractivity contribution in [2.45, 2.75) is 91.3 Å². The maximum absolute atomic E-state index is 14.2. The van der Waals surface area contributed by atoms with Gasteiger partial charge in [0.2, 0.25) is 0 Å². The highest BCUT2D eigenvalue weighted by atomic mass is 16.6.